The van der Waals surface area contributed by atoms with Crippen LogP contribution in [0.2, 0.25) is 0 Å². The van der Waals surface area contributed by atoms with Gasteiger partial charge >= 0.3 is 0 Å². The van der Waals surface area contributed by atoms with Crippen molar-refractivity contribution >= 4 is 0 Å². The van der Waals surface area contributed by atoms with E-state index in [1.807, 2.05) is 19.3 Å². The first-order chi connectivity index (χ1) is 9.40. The Balaban J connectivity index is 1.99. The number of benzene rings is 1. The molecule has 19 heavy (non-hydrogen) atoms. The molecule has 3 heteroatoms. The van der Waals surface area contributed by atoms with Crippen molar-refractivity contribution in [1.29, 1.82) is 0 Å². The van der Waals surface area contributed by atoms with Gasteiger partial charge in [-0.05, 0) is 48.6 Å². The molecule has 1 aromatic heterocycles. The average Bonchev–Trinajstić information content (AvgIpc) is 2.41. The average molecular weight is 253 g/mol. The molecule has 0 bridgehead atoms. The van der Waals surface area contributed by atoms with Gasteiger partial charge in [-0.25, -0.2) is 0 Å². The van der Waals surface area contributed by atoms with Crippen LogP contribution in [0.3, 0.4) is 0 Å². The van der Waals surface area contributed by atoms with Crippen LogP contribution in [-0.4, -0.2) is 17.2 Å². The van der Waals surface area contributed by atoms with Crippen molar-refractivity contribution in [2.75, 3.05) is 7.05 Å². The Bertz CT molecular complexity index is 535. The quantitative estimate of drug-likeness (QED) is 0.910. The topological polar surface area (TPSA) is 37.8 Å². The summed E-state index contributed by atoms with van der Waals surface area (Å²) < 4.78 is 0. The van der Waals surface area contributed by atoms with Gasteiger partial charge in [-0.3, -0.25) is 0 Å². The van der Waals surface area contributed by atoms with Crippen molar-refractivity contribution in [3.8, 4) is 0 Å². The minimum atomic E-state index is 0.201. The molecule has 0 spiro atoms. The molecule has 1 aliphatic rings. The van der Waals surface area contributed by atoms with Crippen LogP contribution in [-0.2, 0) is 0 Å². The van der Waals surface area contributed by atoms with Gasteiger partial charge in [0.25, 0.3) is 0 Å². The second-order valence-electron chi connectivity index (χ2n) is 5.15. The lowest BCUT2D eigenvalue weighted by atomic mass is 9.76. The van der Waals surface area contributed by atoms with E-state index in [0.717, 1.165) is 5.92 Å². The zero-order valence-corrected chi connectivity index (χ0v) is 11.2. The zero-order chi connectivity index (χ0) is 13.1. The van der Waals surface area contributed by atoms with E-state index in [-0.39, 0.29) is 6.04 Å². The second kappa shape index (κ2) is 5.49. The van der Waals surface area contributed by atoms with E-state index in [9.17, 15) is 0 Å². The highest BCUT2D eigenvalue weighted by atomic mass is 15.1. The summed E-state index contributed by atoms with van der Waals surface area (Å²) in [5.74, 6) is 0.738. The molecule has 1 N–H and O–H groups in total. The summed E-state index contributed by atoms with van der Waals surface area (Å²) in [5, 5.41) is 11.3. The molecule has 0 radical (unpaired) electrons. The first kappa shape index (κ1) is 12.3. The summed E-state index contributed by atoms with van der Waals surface area (Å²) in [6.45, 7) is 0. The minimum absolute atomic E-state index is 0.201. The molecule has 1 unspecified atom stereocenters. The Labute approximate surface area is 114 Å². The highest BCUT2D eigenvalue weighted by molar-refractivity contribution is 5.39. The predicted octanol–water partition coefficient (Wildman–Crippen LogP) is 3.05. The SMILES string of the molecule is CNC(c1ccnnc1)c1ccccc1C1CCC1. The fourth-order valence-electron chi connectivity index (χ4n) is 2.84. The van der Waals surface area contributed by atoms with E-state index in [0.29, 0.717) is 0 Å². The largest absolute Gasteiger partial charge is 0.309 e. The number of hydrogen-bond acceptors (Lipinski definition) is 3. The van der Waals surface area contributed by atoms with Crippen LogP contribution in [0.5, 0.6) is 0 Å². The van der Waals surface area contributed by atoms with Crippen molar-refractivity contribution in [1.82, 2.24) is 15.5 Å². The van der Waals surface area contributed by atoms with Crippen LogP contribution in [0.15, 0.2) is 42.7 Å². The van der Waals surface area contributed by atoms with Gasteiger partial charge < -0.3 is 5.32 Å². The summed E-state index contributed by atoms with van der Waals surface area (Å²) in [6.07, 6.45) is 7.61. The lowest BCUT2D eigenvalue weighted by Crippen LogP contribution is -2.21. The van der Waals surface area contributed by atoms with E-state index in [2.05, 4.69) is 39.8 Å². The van der Waals surface area contributed by atoms with Gasteiger partial charge in [0.2, 0.25) is 0 Å². The molecule has 3 nitrogen and oxygen atoms in total. The maximum atomic E-state index is 4.00. The Kier molecular flexibility index (Phi) is 3.56. The summed E-state index contributed by atoms with van der Waals surface area (Å²) in [5.41, 5.74) is 4.04. The van der Waals surface area contributed by atoms with Crippen molar-refractivity contribution in [3.63, 3.8) is 0 Å². The Morgan fingerprint density at radius 3 is 2.63 bits per heavy atom. The Morgan fingerprint density at radius 2 is 2.00 bits per heavy atom. The fourth-order valence-corrected chi connectivity index (χ4v) is 2.84. The van der Waals surface area contributed by atoms with E-state index < -0.39 is 0 Å². The third kappa shape index (κ3) is 2.38. The molecule has 1 heterocycles. The molecule has 0 amide bonds. The monoisotopic (exact) mass is 253 g/mol. The molecular formula is C16H19N3. The third-order valence-corrected chi connectivity index (χ3v) is 4.08. The molecule has 1 aromatic carbocycles. The summed E-state index contributed by atoms with van der Waals surface area (Å²) in [7, 11) is 2.00. The minimum Gasteiger partial charge on any atom is -0.309 e. The lowest BCUT2D eigenvalue weighted by Gasteiger charge is -2.30. The number of aromatic nitrogens is 2. The van der Waals surface area contributed by atoms with Crippen molar-refractivity contribution in [3.05, 3.63) is 59.4 Å². The van der Waals surface area contributed by atoms with Gasteiger partial charge in [0, 0.05) is 6.20 Å². The van der Waals surface area contributed by atoms with Gasteiger partial charge in [-0.1, -0.05) is 30.7 Å². The molecule has 1 saturated carbocycles. The van der Waals surface area contributed by atoms with Crippen LogP contribution in [0.4, 0.5) is 0 Å². The summed E-state index contributed by atoms with van der Waals surface area (Å²) in [6, 6.07) is 11.0. The van der Waals surface area contributed by atoms with Gasteiger partial charge in [-0.15, -0.1) is 0 Å². The number of nitrogens with one attached hydrogen (secondary N) is 1. The predicted molar refractivity (Wildman–Crippen MR) is 76.0 cm³/mol. The number of rotatable bonds is 4. The van der Waals surface area contributed by atoms with Gasteiger partial charge in [0.1, 0.15) is 0 Å². The van der Waals surface area contributed by atoms with Crippen LogP contribution in [0.25, 0.3) is 0 Å². The molecule has 1 fully saturated rings. The molecule has 98 valence electrons. The van der Waals surface area contributed by atoms with Crippen molar-refractivity contribution < 1.29 is 0 Å². The standard InChI is InChI=1S/C16H19N3/c1-17-16(13-9-10-18-19-11-13)15-8-3-2-7-14(15)12-5-4-6-12/h2-3,7-12,16-17H,4-6H2,1H3. The summed E-state index contributed by atoms with van der Waals surface area (Å²) >= 11 is 0. The highest BCUT2D eigenvalue weighted by Gasteiger charge is 2.25. The molecular weight excluding hydrogens is 234 g/mol. The molecule has 3 rings (SSSR count). The van der Waals surface area contributed by atoms with E-state index in [4.69, 9.17) is 0 Å². The highest BCUT2D eigenvalue weighted by Crippen LogP contribution is 2.40. The third-order valence-electron chi connectivity index (χ3n) is 4.08. The smallest absolute Gasteiger partial charge is 0.0593 e. The first-order valence-corrected chi connectivity index (χ1v) is 6.93. The van der Waals surface area contributed by atoms with E-state index in [1.165, 1.54) is 36.0 Å². The van der Waals surface area contributed by atoms with Crippen LogP contribution in [0.1, 0.15) is 47.9 Å². The van der Waals surface area contributed by atoms with E-state index in [1.54, 1.807) is 6.20 Å². The Hall–Kier alpha value is -1.74. The lowest BCUT2D eigenvalue weighted by molar-refractivity contribution is 0.415. The molecule has 1 atom stereocenters. The molecule has 0 saturated heterocycles. The summed E-state index contributed by atoms with van der Waals surface area (Å²) in [4.78, 5) is 0. The van der Waals surface area contributed by atoms with Crippen molar-refractivity contribution in [2.45, 2.75) is 31.2 Å². The Morgan fingerprint density at radius 1 is 1.16 bits per heavy atom. The van der Waals surface area contributed by atoms with Gasteiger partial charge in [0.05, 0.1) is 12.2 Å². The zero-order valence-electron chi connectivity index (χ0n) is 11.2. The van der Waals surface area contributed by atoms with Crippen LogP contribution < -0.4 is 5.32 Å². The van der Waals surface area contributed by atoms with Crippen LogP contribution >= 0.6 is 0 Å². The van der Waals surface area contributed by atoms with Crippen molar-refractivity contribution in [2.24, 2.45) is 0 Å². The van der Waals surface area contributed by atoms with E-state index >= 15 is 0 Å². The maximum absolute atomic E-state index is 4.00. The number of hydrogen-bond donors (Lipinski definition) is 1. The molecule has 0 aliphatic heterocycles. The normalized spacial score (nSPS) is 16.9. The van der Waals surface area contributed by atoms with Gasteiger partial charge in [0.15, 0.2) is 0 Å². The van der Waals surface area contributed by atoms with Gasteiger partial charge in [-0.2, -0.15) is 10.2 Å². The second-order valence-corrected chi connectivity index (χ2v) is 5.15. The van der Waals surface area contributed by atoms with Crippen LogP contribution in [0, 0.1) is 0 Å². The molecule has 1 aliphatic carbocycles. The number of nitrogens with zero attached hydrogens (tertiary/aromatic N) is 2. The fraction of sp³-hybridized carbons (Fsp3) is 0.375. The molecule has 2 aromatic rings. The maximum Gasteiger partial charge on any atom is 0.0593 e. The first-order valence-electron chi connectivity index (χ1n) is 6.93.